The molecule has 350 valence electrons. The van der Waals surface area contributed by atoms with Crippen molar-refractivity contribution in [1.29, 1.82) is 10.5 Å². The SMILES string of the molecule is N#Cc1c(-n2c3ccccc3c3cc4oc5ccccc5c4cc32)c(C#N)c(-n2c3ccccc3c3ccccc32)c(-n2c3ccccc3c3cc4oc5ccccc5c4cc32)c1-n1c2ccccc2c2ccccc21. The van der Waals surface area contributed by atoms with E-state index in [-0.39, 0.29) is 0 Å². The Balaban J connectivity index is 1.19. The summed E-state index contributed by atoms with van der Waals surface area (Å²) in [5.41, 5.74) is 13.4. The number of hydrogen-bond acceptors (Lipinski definition) is 4. The zero-order valence-corrected chi connectivity index (χ0v) is 40.3. The first-order valence-corrected chi connectivity index (χ1v) is 25.4. The van der Waals surface area contributed by atoms with Gasteiger partial charge in [-0.2, -0.15) is 10.5 Å². The van der Waals surface area contributed by atoms with Crippen LogP contribution in [-0.2, 0) is 0 Å². The van der Waals surface area contributed by atoms with Crippen molar-refractivity contribution >= 4 is 131 Å². The van der Waals surface area contributed by atoms with Gasteiger partial charge in [0.1, 0.15) is 45.6 Å². The molecular weight excluding hydrogens is 933 g/mol. The molecule has 0 atom stereocenters. The molecule has 0 N–H and O–H groups in total. The van der Waals surface area contributed by atoms with E-state index in [9.17, 15) is 10.5 Å². The van der Waals surface area contributed by atoms with Gasteiger partial charge in [-0.3, -0.25) is 0 Å². The van der Waals surface area contributed by atoms with Crippen LogP contribution in [0.15, 0.2) is 227 Å². The van der Waals surface area contributed by atoms with E-state index in [1.54, 1.807) is 0 Å². The Morgan fingerprint density at radius 2 is 0.513 bits per heavy atom. The Labute approximate surface area is 431 Å². The van der Waals surface area contributed by atoms with Crippen molar-refractivity contribution in [2.24, 2.45) is 0 Å². The van der Waals surface area contributed by atoms with E-state index in [0.717, 1.165) is 131 Å². The summed E-state index contributed by atoms with van der Waals surface area (Å²) in [7, 11) is 0. The maximum atomic E-state index is 12.6. The van der Waals surface area contributed by atoms with Crippen molar-refractivity contribution in [3.63, 3.8) is 0 Å². The largest absolute Gasteiger partial charge is 0.456 e. The number of fused-ring (bicyclic) bond motifs is 18. The van der Waals surface area contributed by atoms with Crippen LogP contribution in [-0.4, -0.2) is 18.3 Å². The molecule has 6 aromatic heterocycles. The summed E-state index contributed by atoms with van der Waals surface area (Å²) >= 11 is 0. The zero-order chi connectivity index (χ0) is 49.9. The number of rotatable bonds is 4. The number of hydrogen-bond donors (Lipinski definition) is 0. The minimum Gasteiger partial charge on any atom is -0.456 e. The highest BCUT2D eigenvalue weighted by atomic mass is 16.3. The maximum absolute atomic E-state index is 12.6. The van der Waals surface area contributed by atoms with Crippen LogP contribution in [0, 0.1) is 22.7 Å². The third kappa shape index (κ3) is 5.18. The second kappa shape index (κ2) is 14.9. The lowest BCUT2D eigenvalue weighted by Crippen LogP contribution is -2.16. The first kappa shape index (κ1) is 40.8. The summed E-state index contributed by atoms with van der Waals surface area (Å²) in [6.07, 6.45) is 0. The summed E-state index contributed by atoms with van der Waals surface area (Å²) in [6.45, 7) is 0. The molecular formula is C68H36N6O2. The van der Waals surface area contributed by atoms with Gasteiger partial charge in [-0.05, 0) is 72.8 Å². The van der Waals surface area contributed by atoms with E-state index in [1.807, 2.05) is 48.5 Å². The average Bonchev–Trinajstić information content (AvgIpc) is 4.46. The topological polar surface area (TPSA) is 93.6 Å². The highest BCUT2D eigenvalue weighted by Gasteiger charge is 2.35. The zero-order valence-electron chi connectivity index (χ0n) is 40.3. The molecule has 17 rings (SSSR count). The lowest BCUT2D eigenvalue weighted by molar-refractivity contribution is 0.669. The molecule has 76 heavy (non-hydrogen) atoms. The van der Waals surface area contributed by atoms with E-state index in [2.05, 4.69) is 200 Å². The fraction of sp³-hybridized carbons (Fsp3) is 0. The Kier molecular flexibility index (Phi) is 7.99. The Morgan fingerprint density at radius 3 is 0.855 bits per heavy atom. The van der Waals surface area contributed by atoms with Crippen LogP contribution in [0.2, 0.25) is 0 Å². The number of nitriles is 2. The molecule has 0 radical (unpaired) electrons. The standard InChI is InChI=1S/C68H36N6O2/c69-37-51-65(73-57-29-13-5-21-43(57)47-35-63-49(33-59(47)73)45-23-7-15-31-61(45)75-63)52(38-70)67(72-55-27-11-3-19-41(55)42-20-4-12-28-56(42)72)68(66(51)71-53-25-9-1-17-39(53)40-18-2-10-26-54(40)71)74-58-30-14-6-22-44(58)48-36-64-50(34-60(48)74)46-24-8-16-32-62(46)76-64/h1-36H. The molecule has 6 heterocycles. The first-order valence-electron chi connectivity index (χ1n) is 25.4. The molecule has 11 aromatic carbocycles. The molecule has 0 amide bonds. The third-order valence-corrected chi connectivity index (χ3v) is 16.0. The van der Waals surface area contributed by atoms with E-state index in [4.69, 9.17) is 8.83 Å². The molecule has 17 aromatic rings. The second-order valence-corrected chi connectivity index (χ2v) is 19.7. The Bertz CT molecular complexity index is 5260. The quantitative estimate of drug-likeness (QED) is 0.176. The van der Waals surface area contributed by atoms with E-state index >= 15 is 0 Å². The predicted octanol–water partition coefficient (Wildman–Crippen LogP) is 17.6. The summed E-state index contributed by atoms with van der Waals surface area (Å²) in [6, 6.07) is 81.3. The van der Waals surface area contributed by atoms with Crippen LogP contribution in [0.1, 0.15) is 11.1 Å². The van der Waals surface area contributed by atoms with Crippen molar-refractivity contribution < 1.29 is 8.83 Å². The van der Waals surface area contributed by atoms with Crippen molar-refractivity contribution in [1.82, 2.24) is 18.3 Å². The van der Waals surface area contributed by atoms with Crippen LogP contribution >= 0.6 is 0 Å². The van der Waals surface area contributed by atoms with Crippen LogP contribution in [0.5, 0.6) is 0 Å². The van der Waals surface area contributed by atoms with Gasteiger partial charge in [-0.25, -0.2) is 0 Å². The van der Waals surface area contributed by atoms with Gasteiger partial charge >= 0.3 is 0 Å². The van der Waals surface area contributed by atoms with Gasteiger partial charge in [0.25, 0.3) is 0 Å². The second-order valence-electron chi connectivity index (χ2n) is 19.7. The summed E-state index contributed by atoms with van der Waals surface area (Å²) < 4.78 is 22.2. The third-order valence-electron chi connectivity index (χ3n) is 16.0. The molecule has 8 nitrogen and oxygen atoms in total. The lowest BCUT2D eigenvalue weighted by Gasteiger charge is -2.27. The van der Waals surface area contributed by atoms with Gasteiger partial charge in [0, 0.05) is 64.6 Å². The highest BCUT2D eigenvalue weighted by Crippen LogP contribution is 2.50. The average molecular weight is 969 g/mol. The van der Waals surface area contributed by atoms with Gasteiger partial charge < -0.3 is 27.1 Å². The fourth-order valence-electron chi connectivity index (χ4n) is 13.0. The molecule has 0 fully saturated rings. The molecule has 0 aliphatic carbocycles. The van der Waals surface area contributed by atoms with Crippen LogP contribution < -0.4 is 0 Å². The van der Waals surface area contributed by atoms with Crippen molar-refractivity contribution in [2.45, 2.75) is 0 Å². The summed E-state index contributed by atoms with van der Waals surface area (Å²) in [5, 5.41) is 37.1. The minimum atomic E-state index is 0.336. The summed E-state index contributed by atoms with van der Waals surface area (Å²) in [5.74, 6) is 0. The number of aromatic nitrogens is 4. The molecule has 8 heteroatoms. The number of benzene rings is 11. The molecule has 0 saturated carbocycles. The summed E-state index contributed by atoms with van der Waals surface area (Å²) in [4.78, 5) is 0. The molecule has 0 spiro atoms. The maximum Gasteiger partial charge on any atom is 0.136 e. The van der Waals surface area contributed by atoms with E-state index < -0.39 is 0 Å². The van der Waals surface area contributed by atoms with Crippen molar-refractivity contribution in [3.8, 4) is 34.9 Å². The Morgan fingerprint density at radius 1 is 0.237 bits per heavy atom. The molecule has 0 aliphatic rings. The number of nitrogens with zero attached hydrogens (tertiary/aromatic N) is 6. The number of para-hydroxylation sites is 8. The van der Waals surface area contributed by atoms with Gasteiger partial charge in [0.05, 0.1) is 66.9 Å². The van der Waals surface area contributed by atoms with E-state index in [1.165, 1.54) is 0 Å². The molecule has 0 saturated heterocycles. The van der Waals surface area contributed by atoms with Gasteiger partial charge in [0.15, 0.2) is 0 Å². The smallest absolute Gasteiger partial charge is 0.136 e. The first-order chi connectivity index (χ1) is 37.7. The molecule has 0 bridgehead atoms. The van der Waals surface area contributed by atoms with Crippen LogP contribution in [0.3, 0.4) is 0 Å². The predicted molar refractivity (Wildman–Crippen MR) is 308 cm³/mol. The van der Waals surface area contributed by atoms with Crippen molar-refractivity contribution in [2.75, 3.05) is 0 Å². The Hall–Kier alpha value is -10.8. The van der Waals surface area contributed by atoms with Crippen LogP contribution in [0.25, 0.3) is 154 Å². The normalized spacial score (nSPS) is 12.2. The van der Waals surface area contributed by atoms with Gasteiger partial charge in [-0.1, -0.05) is 146 Å². The van der Waals surface area contributed by atoms with Gasteiger partial charge in [-0.15, -0.1) is 0 Å². The fourth-order valence-corrected chi connectivity index (χ4v) is 13.0. The van der Waals surface area contributed by atoms with Crippen molar-refractivity contribution in [3.05, 3.63) is 230 Å². The van der Waals surface area contributed by atoms with E-state index in [0.29, 0.717) is 33.9 Å². The minimum absolute atomic E-state index is 0.336. The lowest BCUT2D eigenvalue weighted by atomic mass is 9.98. The molecule has 0 unspecified atom stereocenters. The monoisotopic (exact) mass is 968 g/mol. The molecule has 0 aliphatic heterocycles. The highest BCUT2D eigenvalue weighted by molar-refractivity contribution is 6.21. The number of furan rings is 2. The van der Waals surface area contributed by atoms with Gasteiger partial charge in [0.2, 0.25) is 0 Å². The van der Waals surface area contributed by atoms with Crippen LogP contribution in [0.4, 0.5) is 0 Å².